The second kappa shape index (κ2) is 9.59. The summed E-state index contributed by atoms with van der Waals surface area (Å²) in [5, 5.41) is 28.6. The van der Waals surface area contributed by atoms with Crippen molar-refractivity contribution < 1.29 is 28.9 Å². The Balaban J connectivity index is 1.95. The number of amides is 2. The molecule has 156 valence electrons. The largest absolute Gasteiger partial charge is 0.444 e. The van der Waals surface area contributed by atoms with E-state index >= 15 is 0 Å². The third kappa shape index (κ3) is 5.72. The average molecular weight is 417 g/mol. The molecule has 0 saturated carbocycles. The Hall–Kier alpha value is -4.55. The highest BCUT2D eigenvalue weighted by atomic mass is 16.6. The molecule has 0 aromatic heterocycles. The highest BCUT2D eigenvalue weighted by Crippen LogP contribution is 2.14. The number of nitro groups is 2. The van der Waals surface area contributed by atoms with E-state index < -0.39 is 28.0 Å². The molecule has 0 saturated heterocycles. The normalized spacial score (nSPS) is 10.0. The van der Waals surface area contributed by atoms with E-state index in [1.165, 1.54) is 48.5 Å². The molecule has 0 unspecified atom stereocenters. The number of carbonyl (C=O) groups is 2. The topological polar surface area (TPSA) is 192 Å². The summed E-state index contributed by atoms with van der Waals surface area (Å²) in [6.45, 7) is -0.674. The third-order valence-corrected chi connectivity index (χ3v) is 3.62. The van der Waals surface area contributed by atoms with Gasteiger partial charge in [-0.3, -0.25) is 25.6 Å². The van der Waals surface area contributed by atoms with Crippen molar-refractivity contribution >= 4 is 29.5 Å². The van der Waals surface area contributed by atoms with Crippen molar-refractivity contribution in [2.24, 2.45) is 5.73 Å². The van der Waals surface area contributed by atoms with E-state index in [4.69, 9.17) is 20.6 Å². The summed E-state index contributed by atoms with van der Waals surface area (Å²) in [6.07, 6.45) is -2.57. The predicted octanol–water partition coefficient (Wildman–Crippen LogP) is 2.67. The van der Waals surface area contributed by atoms with Crippen molar-refractivity contribution in [3.05, 3.63) is 79.9 Å². The molecule has 0 aliphatic heterocycles. The number of hydrogen-bond acceptors (Lipinski definition) is 9. The zero-order valence-corrected chi connectivity index (χ0v) is 15.2. The van der Waals surface area contributed by atoms with Gasteiger partial charge < -0.3 is 15.2 Å². The van der Waals surface area contributed by atoms with E-state index in [-0.39, 0.29) is 29.5 Å². The molecule has 0 fully saturated rings. The van der Waals surface area contributed by atoms with Gasteiger partial charge in [0, 0.05) is 24.3 Å². The number of non-ortho nitro benzene ring substituents is 2. The summed E-state index contributed by atoms with van der Waals surface area (Å²) in [6, 6.07) is 10.3. The summed E-state index contributed by atoms with van der Waals surface area (Å²) < 4.78 is 9.78. The maximum atomic E-state index is 12.1. The van der Waals surface area contributed by atoms with Crippen LogP contribution in [0.2, 0.25) is 0 Å². The fraction of sp³-hybridized carbons (Fsp3) is 0.118. The van der Waals surface area contributed by atoms with E-state index in [0.717, 1.165) is 0 Å². The van der Waals surface area contributed by atoms with E-state index in [1.54, 1.807) is 0 Å². The van der Waals surface area contributed by atoms with Crippen LogP contribution in [0.4, 0.5) is 21.0 Å². The first kappa shape index (κ1) is 21.7. The molecule has 0 heterocycles. The Kier molecular flexibility index (Phi) is 6.95. The standard InChI is InChI=1S/C17H15N5O8/c18-15(19)20(16(23)29-9-11-1-5-13(6-2-11)21(25)26)17(24)30-10-12-3-7-14(8-4-12)22(27)28/h1-8H,9-10H2,(H3,18,19). The number of rotatable bonds is 6. The lowest BCUT2D eigenvalue weighted by Gasteiger charge is -2.18. The second-order valence-electron chi connectivity index (χ2n) is 5.68. The smallest absolute Gasteiger partial charge is 0.426 e. The number of nitro benzene ring substituents is 2. The van der Waals surface area contributed by atoms with Gasteiger partial charge in [-0.1, -0.05) is 0 Å². The fourth-order valence-corrected chi connectivity index (χ4v) is 2.12. The second-order valence-corrected chi connectivity index (χ2v) is 5.68. The molecule has 2 aromatic rings. The van der Waals surface area contributed by atoms with Crippen molar-refractivity contribution in [2.45, 2.75) is 13.2 Å². The van der Waals surface area contributed by atoms with Crippen molar-refractivity contribution in [1.29, 1.82) is 5.41 Å². The molecule has 13 nitrogen and oxygen atoms in total. The van der Waals surface area contributed by atoms with Gasteiger partial charge in [-0.05, 0) is 35.4 Å². The molecule has 2 rings (SSSR count). The molecule has 0 aliphatic carbocycles. The monoisotopic (exact) mass is 417 g/mol. The summed E-state index contributed by atoms with van der Waals surface area (Å²) >= 11 is 0. The minimum absolute atomic E-state index is 0.148. The van der Waals surface area contributed by atoms with Crippen LogP contribution < -0.4 is 5.73 Å². The van der Waals surface area contributed by atoms with Crippen LogP contribution in [-0.4, -0.2) is 32.9 Å². The van der Waals surface area contributed by atoms with Gasteiger partial charge in [0.05, 0.1) is 9.85 Å². The first-order valence-corrected chi connectivity index (χ1v) is 8.13. The number of nitrogens with two attached hydrogens (primary N) is 1. The minimum atomic E-state index is -1.28. The Labute approximate surface area is 168 Å². The molecular weight excluding hydrogens is 402 g/mol. The van der Waals surface area contributed by atoms with Crippen molar-refractivity contribution in [2.75, 3.05) is 0 Å². The SMILES string of the molecule is N=C(N)N(C(=O)OCc1ccc([N+](=O)[O-])cc1)C(=O)OCc1ccc([N+](=O)[O-])cc1. The minimum Gasteiger partial charge on any atom is -0.444 e. The molecule has 0 atom stereocenters. The van der Waals surface area contributed by atoms with Crippen LogP contribution in [-0.2, 0) is 22.7 Å². The van der Waals surface area contributed by atoms with E-state index in [0.29, 0.717) is 11.1 Å². The Bertz CT molecular complexity index is 901. The van der Waals surface area contributed by atoms with Crippen LogP contribution in [0.5, 0.6) is 0 Å². The lowest BCUT2D eigenvalue weighted by atomic mass is 10.2. The van der Waals surface area contributed by atoms with Crippen molar-refractivity contribution in [3.63, 3.8) is 0 Å². The molecule has 2 aromatic carbocycles. The van der Waals surface area contributed by atoms with E-state index in [2.05, 4.69) is 0 Å². The van der Waals surface area contributed by atoms with Gasteiger partial charge in [-0.2, -0.15) is 0 Å². The number of nitrogens with one attached hydrogen (secondary N) is 1. The first-order chi connectivity index (χ1) is 14.2. The molecule has 0 radical (unpaired) electrons. The van der Waals surface area contributed by atoms with Crippen LogP contribution in [0.1, 0.15) is 11.1 Å². The van der Waals surface area contributed by atoms with Crippen LogP contribution in [0.3, 0.4) is 0 Å². The molecule has 0 aliphatic rings. The number of benzene rings is 2. The Morgan fingerprint density at radius 3 is 1.43 bits per heavy atom. The van der Waals surface area contributed by atoms with Gasteiger partial charge in [0.2, 0.25) is 5.96 Å². The quantitative estimate of drug-likeness (QED) is 0.307. The fourth-order valence-electron chi connectivity index (χ4n) is 2.12. The maximum Gasteiger partial charge on any atom is 0.426 e. The number of carbonyl (C=O) groups excluding carboxylic acids is 2. The number of guanidine groups is 1. The number of ether oxygens (including phenoxy) is 2. The van der Waals surface area contributed by atoms with E-state index in [1.807, 2.05) is 0 Å². The zero-order valence-electron chi connectivity index (χ0n) is 15.2. The zero-order chi connectivity index (χ0) is 22.3. The Morgan fingerprint density at radius 2 is 1.17 bits per heavy atom. The molecule has 13 heteroatoms. The molecule has 0 spiro atoms. The van der Waals surface area contributed by atoms with Crippen LogP contribution in [0.25, 0.3) is 0 Å². The van der Waals surface area contributed by atoms with Gasteiger partial charge in [-0.15, -0.1) is 4.90 Å². The van der Waals surface area contributed by atoms with Gasteiger partial charge in [0.15, 0.2) is 0 Å². The van der Waals surface area contributed by atoms with Crippen LogP contribution in [0, 0.1) is 25.6 Å². The lowest BCUT2D eigenvalue weighted by molar-refractivity contribution is -0.385. The average Bonchev–Trinajstić information content (AvgIpc) is 2.71. The predicted molar refractivity (Wildman–Crippen MR) is 100 cm³/mol. The van der Waals surface area contributed by atoms with Gasteiger partial charge in [0.25, 0.3) is 11.4 Å². The molecule has 2 amide bonds. The molecular formula is C17H15N5O8. The lowest BCUT2D eigenvalue weighted by Crippen LogP contribution is -2.45. The van der Waals surface area contributed by atoms with Gasteiger partial charge >= 0.3 is 12.2 Å². The molecule has 30 heavy (non-hydrogen) atoms. The first-order valence-electron chi connectivity index (χ1n) is 8.13. The summed E-state index contributed by atoms with van der Waals surface area (Å²) in [7, 11) is 0. The van der Waals surface area contributed by atoms with Crippen LogP contribution in [0.15, 0.2) is 48.5 Å². The van der Waals surface area contributed by atoms with Gasteiger partial charge in [0.1, 0.15) is 13.2 Å². The Morgan fingerprint density at radius 1 is 0.833 bits per heavy atom. The van der Waals surface area contributed by atoms with E-state index in [9.17, 15) is 29.8 Å². The molecule has 3 N–H and O–H groups in total. The molecule has 0 bridgehead atoms. The number of nitrogens with zero attached hydrogens (tertiary/aromatic N) is 3. The number of imide groups is 1. The van der Waals surface area contributed by atoms with Gasteiger partial charge in [-0.25, -0.2) is 9.59 Å². The van der Waals surface area contributed by atoms with Crippen molar-refractivity contribution in [3.8, 4) is 0 Å². The summed E-state index contributed by atoms with van der Waals surface area (Å²) in [5.74, 6) is -0.947. The summed E-state index contributed by atoms with van der Waals surface area (Å²) in [5.41, 5.74) is 5.74. The highest BCUT2D eigenvalue weighted by molar-refractivity contribution is 6.05. The van der Waals surface area contributed by atoms with Crippen molar-refractivity contribution in [1.82, 2.24) is 4.90 Å². The number of hydrogen-bond donors (Lipinski definition) is 2. The third-order valence-electron chi connectivity index (χ3n) is 3.62. The summed E-state index contributed by atoms with van der Waals surface area (Å²) in [4.78, 5) is 44.4. The maximum absolute atomic E-state index is 12.1. The van der Waals surface area contributed by atoms with Crippen LogP contribution >= 0.6 is 0 Å². The highest BCUT2D eigenvalue weighted by Gasteiger charge is 2.28.